The van der Waals surface area contributed by atoms with E-state index >= 15 is 0 Å². The second-order valence-corrected chi connectivity index (χ2v) is 8.50. The Morgan fingerprint density at radius 2 is 1.70 bits per heavy atom. The van der Waals surface area contributed by atoms with E-state index in [-0.39, 0.29) is 11.0 Å². The molecular formula is C24H26O3. The van der Waals surface area contributed by atoms with Crippen LogP contribution in [0, 0.1) is 6.92 Å². The first kappa shape index (κ1) is 17.8. The number of fused-ring (bicyclic) bond motifs is 3. The van der Waals surface area contributed by atoms with Gasteiger partial charge in [-0.05, 0) is 60.4 Å². The lowest BCUT2D eigenvalue weighted by atomic mass is 9.87. The van der Waals surface area contributed by atoms with Crippen LogP contribution < -0.4 is 10.4 Å². The Bertz CT molecular complexity index is 1050. The van der Waals surface area contributed by atoms with E-state index in [0.29, 0.717) is 12.2 Å². The van der Waals surface area contributed by atoms with Crippen LogP contribution in [0.2, 0.25) is 0 Å². The molecule has 0 saturated carbocycles. The molecule has 3 nitrogen and oxygen atoms in total. The van der Waals surface area contributed by atoms with E-state index in [9.17, 15) is 4.79 Å². The minimum Gasteiger partial charge on any atom is -0.488 e. The predicted molar refractivity (Wildman–Crippen MR) is 109 cm³/mol. The van der Waals surface area contributed by atoms with Crippen LogP contribution in [0.25, 0.3) is 11.0 Å². The molecule has 3 aromatic rings. The van der Waals surface area contributed by atoms with E-state index in [1.54, 1.807) is 0 Å². The number of aryl methyl sites for hydroxylation is 2. The van der Waals surface area contributed by atoms with Gasteiger partial charge in [0.05, 0.1) is 0 Å². The molecule has 0 radical (unpaired) electrons. The van der Waals surface area contributed by atoms with Crippen LogP contribution in [-0.2, 0) is 24.9 Å². The van der Waals surface area contributed by atoms with Crippen LogP contribution in [-0.4, -0.2) is 0 Å². The lowest BCUT2D eigenvalue weighted by Crippen LogP contribution is -2.11. The fraction of sp³-hybridized carbons (Fsp3) is 0.375. The number of hydrogen-bond donors (Lipinski definition) is 0. The van der Waals surface area contributed by atoms with Gasteiger partial charge < -0.3 is 9.15 Å². The first-order valence-corrected chi connectivity index (χ1v) is 9.65. The average molecular weight is 362 g/mol. The van der Waals surface area contributed by atoms with Crippen molar-refractivity contribution < 1.29 is 9.15 Å². The quantitative estimate of drug-likeness (QED) is 0.580. The molecule has 0 atom stereocenters. The lowest BCUT2D eigenvalue weighted by Gasteiger charge is -2.19. The maximum atomic E-state index is 12.3. The van der Waals surface area contributed by atoms with Crippen LogP contribution in [0.4, 0.5) is 0 Å². The predicted octanol–water partition coefficient (Wildman–Crippen LogP) is 5.47. The maximum Gasteiger partial charge on any atom is 0.339 e. The van der Waals surface area contributed by atoms with E-state index in [0.717, 1.165) is 52.7 Å². The van der Waals surface area contributed by atoms with E-state index in [4.69, 9.17) is 9.15 Å². The van der Waals surface area contributed by atoms with Gasteiger partial charge >= 0.3 is 5.63 Å². The Morgan fingerprint density at radius 1 is 1.00 bits per heavy atom. The maximum absolute atomic E-state index is 12.3. The molecule has 0 unspecified atom stereocenters. The zero-order valence-corrected chi connectivity index (χ0v) is 16.5. The summed E-state index contributed by atoms with van der Waals surface area (Å²) in [4.78, 5) is 12.3. The van der Waals surface area contributed by atoms with Gasteiger partial charge in [-0.1, -0.05) is 45.0 Å². The Kier molecular flexibility index (Phi) is 4.33. The van der Waals surface area contributed by atoms with E-state index < -0.39 is 0 Å². The molecule has 0 amide bonds. The summed E-state index contributed by atoms with van der Waals surface area (Å²) in [5.74, 6) is 0.767. The monoisotopic (exact) mass is 362 g/mol. The molecule has 0 aliphatic heterocycles. The molecule has 27 heavy (non-hydrogen) atoms. The molecule has 0 spiro atoms. The molecule has 4 rings (SSSR count). The molecule has 3 heteroatoms. The molecule has 1 aliphatic carbocycles. The Balaban J connectivity index is 1.61. The molecular weight excluding hydrogens is 336 g/mol. The van der Waals surface area contributed by atoms with Gasteiger partial charge in [0.25, 0.3) is 0 Å². The highest BCUT2D eigenvalue weighted by molar-refractivity contribution is 5.86. The third kappa shape index (κ3) is 3.27. The van der Waals surface area contributed by atoms with Crippen LogP contribution >= 0.6 is 0 Å². The molecule has 140 valence electrons. The van der Waals surface area contributed by atoms with E-state index in [1.165, 1.54) is 5.56 Å². The van der Waals surface area contributed by atoms with E-state index in [2.05, 4.69) is 45.0 Å². The molecule has 2 aromatic carbocycles. The first-order valence-electron chi connectivity index (χ1n) is 9.65. The summed E-state index contributed by atoms with van der Waals surface area (Å²) in [6.45, 7) is 9.08. The number of hydrogen-bond acceptors (Lipinski definition) is 3. The Morgan fingerprint density at radius 3 is 2.41 bits per heavy atom. The highest BCUT2D eigenvalue weighted by Crippen LogP contribution is 2.33. The number of ether oxygens (including phenoxy) is 1. The summed E-state index contributed by atoms with van der Waals surface area (Å²) in [6.07, 6.45) is 2.81. The minimum absolute atomic E-state index is 0.145. The summed E-state index contributed by atoms with van der Waals surface area (Å²) in [5.41, 5.74) is 5.97. The first-order chi connectivity index (χ1) is 12.8. The van der Waals surface area contributed by atoms with Gasteiger partial charge in [-0.25, -0.2) is 4.79 Å². The third-order valence-electron chi connectivity index (χ3n) is 5.55. The summed E-state index contributed by atoms with van der Waals surface area (Å²) >= 11 is 0. The van der Waals surface area contributed by atoms with Gasteiger partial charge in [0, 0.05) is 16.5 Å². The highest BCUT2D eigenvalue weighted by Gasteiger charge is 2.21. The van der Waals surface area contributed by atoms with Crippen molar-refractivity contribution in [2.45, 2.75) is 59.0 Å². The molecule has 1 heterocycles. The van der Waals surface area contributed by atoms with Gasteiger partial charge in [0.15, 0.2) is 0 Å². The summed E-state index contributed by atoms with van der Waals surface area (Å²) in [5, 5.41) is 1.06. The number of rotatable bonds is 3. The van der Waals surface area contributed by atoms with Gasteiger partial charge in [-0.15, -0.1) is 0 Å². The fourth-order valence-electron chi connectivity index (χ4n) is 3.88. The second-order valence-electron chi connectivity index (χ2n) is 8.50. The SMILES string of the molecule is Cc1c(OCc2ccc(C(C)(C)C)cc2)ccc2c3c(c(=O)oc12)CCC3. The van der Waals surface area contributed by atoms with Crippen molar-refractivity contribution in [3.8, 4) is 5.75 Å². The van der Waals surface area contributed by atoms with Crippen molar-refractivity contribution in [1.82, 2.24) is 0 Å². The molecule has 0 N–H and O–H groups in total. The van der Waals surface area contributed by atoms with E-state index in [1.807, 2.05) is 19.1 Å². The van der Waals surface area contributed by atoms with Crippen molar-refractivity contribution >= 4 is 11.0 Å². The largest absolute Gasteiger partial charge is 0.488 e. The molecule has 1 aromatic heterocycles. The Hall–Kier alpha value is -2.55. The van der Waals surface area contributed by atoms with Gasteiger partial charge in [-0.3, -0.25) is 0 Å². The van der Waals surface area contributed by atoms with Crippen LogP contribution in [0.3, 0.4) is 0 Å². The van der Waals surface area contributed by atoms with Crippen LogP contribution in [0.15, 0.2) is 45.6 Å². The van der Waals surface area contributed by atoms with Crippen molar-refractivity contribution in [2.24, 2.45) is 0 Å². The van der Waals surface area contributed by atoms with Crippen molar-refractivity contribution in [3.05, 3.63) is 74.6 Å². The zero-order valence-electron chi connectivity index (χ0n) is 16.5. The van der Waals surface area contributed by atoms with Crippen LogP contribution in [0.1, 0.15) is 55.0 Å². The normalized spacial score (nSPS) is 13.8. The molecule has 0 fully saturated rings. The van der Waals surface area contributed by atoms with Gasteiger partial charge in [0.1, 0.15) is 17.9 Å². The van der Waals surface area contributed by atoms with Gasteiger partial charge in [-0.2, -0.15) is 0 Å². The molecule has 0 bridgehead atoms. The van der Waals surface area contributed by atoms with Gasteiger partial charge in [0.2, 0.25) is 0 Å². The van der Waals surface area contributed by atoms with Crippen LogP contribution in [0.5, 0.6) is 5.75 Å². The number of benzene rings is 2. The topological polar surface area (TPSA) is 39.4 Å². The summed E-state index contributed by atoms with van der Waals surface area (Å²) in [7, 11) is 0. The Labute approximate surface area is 160 Å². The molecule has 1 aliphatic rings. The van der Waals surface area contributed by atoms with Crippen molar-refractivity contribution in [1.29, 1.82) is 0 Å². The van der Waals surface area contributed by atoms with Crippen molar-refractivity contribution in [3.63, 3.8) is 0 Å². The molecule has 0 saturated heterocycles. The average Bonchev–Trinajstić information content (AvgIpc) is 3.12. The minimum atomic E-state index is -0.187. The van der Waals surface area contributed by atoms with Crippen molar-refractivity contribution in [2.75, 3.05) is 0 Å². The summed E-state index contributed by atoms with van der Waals surface area (Å²) < 4.78 is 11.7. The zero-order chi connectivity index (χ0) is 19.2. The smallest absolute Gasteiger partial charge is 0.339 e. The summed E-state index contributed by atoms with van der Waals surface area (Å²) in [6, 6.07) is 12.6. The highest BCUT2D eigenvalue weighted by atomic mass is 16.5. The third-order valence-corrected chi connectivity index (χ3v) is 5.55. The lowest BCUT2D eigenvalue weighted by molar-refractivity contribution is 0.304. The fourth-order valence-corrected chi connectivity index (χ4v) is 3.88. The standard InChI is InChI=1S/C24H26O3/c1-15-21(26-14-16-8-10-17(11-9-16)24(2,3)4)13-12-19-18-6-5-7-20(18)23(25)27-22(15)19/h8-13H,5-7,14H2,1-4H3. The second kappa shape index (κ2) is 6.56.